The first-order valence-corrected chi connectivity index (χ1v) is 8.95. The van der Waals surface area contributed by atoms with E-state index in [1.165, 1.54) is 27.7 Å². The predicted molar refractivity (Wildman–Crippen MR) is 96.2 cm³/mol. The molecule has 0 N–H and O–H groups in total. The van der Waals surface area contributed by atoms with E-state index in [2.05, 4.69) is 0 Å². The van der Waals surface area contributed by atoms with E-state index in [0.717, 1.165) is 0 Å². The van der Waals surface area contributed by atoms with Gasteiger partial charge in [0.25, 0.3) is 0 Å². The maximum Gasteiger partial charge on any atom is 0.302 e. The summed E-state index contributed by atoms with van der Waals surface area (Å²) in [5.74, 6) is -1.10. The second kappa shape index (κ2) is 12.3. The zero-order valence-corrected chi connectivity index (χ0v) is 16.7. The third-order valence-electron chi connectivity index (χ3n) is 4.17. The summed E-state index contributed by atoms with van der Waals surface area (Å²) in [6.45, 7) is 10.2. The van der Waals surface area contributed by atoms with Crippen LogP contribution in [0.1, 0.15) is 54.4 Å². The summed E-state index contributed by atoms with van der Waals surface area (Å²) in [6.07, 6.45) is 1.25. The first-order valence-electron chi connectivity index (χ1n) is 8.95. The Labute approximate surface area is 155 Å². The second-order valence-electron chi connectivity index (χ2n) is 6.15. The number of rotatable bonds is 11. The minimum absolute atomic E-state index is 0.121. The van der Waals surface area contributed by atoms with Crippen molar-refractivity contribution in [3.05, 3.63) is 0 Å². The number of amides is 2. The first-order chi connectivity index (χ1) is 12.1. The van der Waals surface area contributed by atoms with E-state index in [9.17, 15) is 19.2 Å². The molecule has 2 amide bonds. The zero-order valence-electron chi connectivity index (χ0n) is 16.7. The van der Waals surface area contributed by atoms with Crippen LogP contribution in [0.3, 0.4) is 0 Å². The Balaban J connectivity index is 5.06. The van der Waals surface area contributed by atoms with Crippen LogP contribution in [0, 0.1) is 0 Å². The Hall–Kier alpha value is -2.12. The van der Waals surface area contributed by atoms with Crippen LogP contribution in [-0.4, -0.2) is 71.9 Å². The van der Waals surface area contributed by atoms with Gasteiger partial charge in [-0.3, -0.25) is 19.2 Å². The molecule has 150 valence electrons. The van der Waals surface area contributed by atoms with E-state index in [1.807, 2.05) is 13.8 Å². The Morgan fingerprint density at radius 2 is 1.00 bits per heavy atom. The largest absolute Gasteiger partial charge is 0.464 e. The van der Waals surface area contributed by atoms with Crippen molar-refractivity contribution in [2.24, 2.45) is 0 Å². The predicted octanol–water partition coefficient (Wildman–Crippen LogP) is 1.37. The van der Waals surface area contributed by atoms with Crippen LogP contribution in [0.5, 0.6) is 0 Å². The van der Waals surface area contributed by atoms with Crippen LogP contribution in [0.25, 0.3) is 0 Å². The number of hydrogen-bond acceptors (Lipinski definition) is 6. The molecular formula is C18H32N2O6. The van der Waals surface area contributed by atoms with E-state index < -0.39 is 11.9 Å². The molecule has 2 atom stereocenters. The summed E-state index contributed by atoms with van der Waals surface area (Å²) in [5, 5.41) is 0. The van der Waals surface area contributed by atoms with Crippen LogP contribution >= 0.6 is 0 Å². The molecule has 0 heterocycles. The van der Waals surface area contributed by atoms with Crippen LogP contribution in [0.4, 0.5) is 0 Å². The van der Waals surface area contributed by atoms with Crippen molar-refractivity contribution in [2.75, 3.05) is 26.3 Å². The number of carbonyl (C=O) groups excluding carboxylic acids is 4. The number of hydrogen-bond donors (Lipinski definition) is 0. The molecular weight excluding hydrogens is 340 g/mol. The van der Waals surface area contributed by atoms with Gasteiger partial charge >= 0.3 is 11.9 Å². The van der Waals surface area contributed by atoms with Crippen molar-refractivity contribution in [1.82, 2.24) is 9.80 Å². The molecule has 0 unspecified atom stereocenters. The maximum absolute atomic E-state index is 12.0. The minimum Gasteiger partial charge on any atom is -0.464 e. The van der Waals surface area contributed by atoms with E-state index in [4.69, 9.17) is 9.47 Å². The van der Waals surface area contributed by atoms with E-state index >= 15 is 0 Å². The fourth-order valence-corrected chi connectivity index (χ4v) is 2.69. The number of ether oxygens (including phenoxy) is 2. The summed E-state index contributed by atoms with van der Waals surface area (Å²) < 4.78 is 10.1. The molecule has 0 spiro atoms. The molecule has 0 bridgehead atoms. The Morgan fingerprint density at radius 3 is 1.19 bits per heavy atom. The molecule has 0 aliphatic rings. The van der Waals surface area contributed by atoms with Gasteiger partial charge in [0.05, 0.1) is 12.1 Å². The summed E-state index contributed by atoms with van der Waals surface area (Å²) in [4.78, 5) is 49.4. The quantitative estimate of drug-likeness (QED) is 0.509. The van der Waals surface area contributed by atoms with Crippen molar-refractivity contribution < 1.29 is 28.7 Å². The lowest BCUT2D eigenvalue weighted by Crippen LogP contribution is -2.49. The van der Waals surface area contributed by atoms with E-state index in [1.54, 1.807) is 9.80 Å². The molecule has 0 fully saturated rings. The van der Waals surface area contributed by atoms with Crippen LogP contribution in [0.2, 0.25) is 0 Å². The molecule has 8 heteroatoms. The molecule has 0 aromatic heterocycles. The van der Waals surface area contributed by atoms with Gasteiger partial charge in [-0.25, -0.2) is 0 Å². The SMILES string of the molecule is CC[C@H](COC(C)=O)N(CCN(C(C)=O)[C@@H](CC)COC(C)=O)C(C)=O. The van der Waals surface area contributed by atoms with E-state index in [0.29, 0.717) is 25.9 Å². The van der Waals surface area contributed by atoms with Crippen molar-refractivity contribution in [2.45, 2.75) is 66.5 Å². The second-order valence-corrected chi connectivity index (χ2v) is 6.15. The van der Waals surface area contributed by atoms with Crippen molar-refractivity contribution in [3.63, 3.8) is 0 Å². The zero-order chi connectivity index (χ0) is 20.3. The monoisotopic (exact) mass is 372 g/mol. The maximum atomic E-state index is 12.0. The van der Waals surface area contributed by atoms with Gasteiger partial charge in [0.15, 0.2) is 0 Å². The highest BCUT2D eigenvalue weighted by Gasteiger charge is 2.25. The van der Waals surface area contributed by atoms with Gasteiger partial charge in [-0.2, -0.15) is 0 Å². The molecule has 0 radical (unpaired) electrons. The van der Waals surface area contributed by atoms with Gasteiger partial charge in [-0.05, 0) is 12.8 Å². The number of carbonyl (C=O) groups is 4. The minimum atomic E-state index is -0.398. The molecule has 0 saturated heterocycles. The standard InChI is InChI=1S/C18H32N2O6/c1-7-17(11-25-15(5)23)19(13(3)21)9-10-20(14(4)22)18(8-2)12-26-16(6)24/h17-18H,7-12H2,1-6H3/t17-,18+. The first kappa shape index (κ1) is 23.9. The lowest BCUT2D eigenvalue weighted by molar-refractivity contribution is -0.148. The van der Waals surface area contributed by atoms with Gasteiger partial charge in [-0.1, -0.05) is 13.8 Å². The average Bonchev–Trinajstić information content (AvgIpc) is 2.54. The van der Waals surface area contributed by atoms with Crippen molar-refractivity contribution in [3.8, 4) is 0 Å². The fourth-order valence-electron chi connectivity index (χ4n) is 2.69. The lowest BCUT2D eigenvalue weighted by Gasteiger charge is -2.35. The number of nitrogens with zero attached hydrogens (tertiary/aromatic N) is 2. The molecule has 0 aliphatic carbocycles. The number of esters is 2. The summed E-state index contributed by atoms with van der Waals surface area (Å²) in [6, 6.07) is -0.502. The summed E-state index contributed by atoms with van der Waals surface area (Å²) in [7, 11) is 0. The third kappa shape index (κ3) is 8.82. The topological polar surface area (TPSA) is 93.2 Å². The molecule has 0 aromatic carbocycles. The molecule has 8 nitrogen and oxygen atoms in total. The Bertz CT molecular complexity index is 450. The van der Waals surface area contributed by atoms with Crippen LogP contribution < -0.4 is 0 Å². The summed E-state index contributed by atoms with van der Waals surface area (Å²) in [5.41, 5.74) is 0. The third-order valence-corrected chi connectivity index (χ3v) is 4.17. The molecule has 0 aliphatic heterocycles. The normalized spacial score (nSPS) is 12.7. The van der Waals surface area contributed by atoms with Gasteiger partial charge in [-0.15, -0.1) is 0 Å². The Kier molecular flexibility index (Phi) is 11.3. The van der Waals surface area contributed by atoms with Gasteiger partial charge in [0, 0.05) is 40.8 Å². The molecule has 0 saturated carbocycles. The van der Waals surface area contributed by atoms with Crippen LogP contribution in [-0.2, 0) is 28.7 Å². The van der Waals surface area contributed by atoms with Gasteiger partial charge in [0.1, 0.15) is 13.2 Å². The van der Waals surface area contributed by atoms with Gasteiger partial charge in [0.2, 0.25) is 11.8 Å². The van der Waals surface area contributed by atoms with E-state index in [-0.39, 0.29) is 37.1 Å². The van der Waals surface area contributed by atoms with Crippen molar-refractivity contribution in [1.29, 1.82) is 0 Å². The summed E-state index contributed by atoms with van der Waals surface area (Å²) >= 11 is 0. The highest BCUT2D eigenvalue weighted by molar-refractivity contribution is 5.75. The molecule has 26 heavy (non-hydrogen) atoms. The van der Waals surface area contributed by atoms with Crippen molar-refractivity contribution >= 4 is 23.8 Å². The lowest BCUT2D eigenvalue weighted by atomic mass is 10.1. The highest BCUT2D eigenvalue weighted by atomic mass is 16.5. The fraction of sp³-hybridized carbons (Fsp3) is 0.778. The smallest absolute Gasteiger partial charge is 0.302 e. The molecule has 0 rings (SSSR count). The Morgan fingerprint density at radius 1 is 0.692 bits per heavy atom. The molecule has 0 aromatic rings. The van der Waals surface area contributed by atoms with Crippen LogP contribution in [0.15, 0.2) is 0 Å². The highest BCUT2D eigenvalue weighted by Crippen LogP contribution is 2.10. The van der Waals surface area contributed by atoms with Gasteiger partial charge < -0.3 is 19.3 Å². The average molecular weight is 372 g/mol.